The number of nitrogens with one attached hydrogen (secondary N) is 1. The number of halogens is 1. The molecule has 0 saturated heterocycles. The van der Waals surface area contributed by atoms with Gasteiger partial charge in [-0.25, -0.2) is 28.1 Å². The fraction of sp³-hybridized carbons (Fsp3) is 0.143. The highest BCUT2D eigenvalue weighted by Gasteiger charge is 2.26. The van der Waals surface area contributed by atoms with E-state index in [-0.39, 0.29) is 23.0 Å². The number of fused-ring (bicyclic) bond motifs is 1. The average molecular weight is 441 g/mol. The van der Waals surface area contributed by atoms with Gasteiger partial charge in [-0.1, -0.05) is 17.7 Å². The lowest BCUT2D eigenvalue weighted by Gasteiger charge is -2.08. The monoisotopic (exact) mass is 440 g/mol. The highest BCUT2D eigenvalue weighted by molar-refractivity contribution is 7.92. The highest BCUT2D eigenvalue weighted by atomic mass is 35.5. The molecule has 1 N–H and O–H groups in total. The standard InChI is InChI=1S/C21H17ClN4O3S/c1-12-9-13(2)24-21(23-12)26-30(28,29)17-7-5-16(6-8-17)25-20-18-11-15(22)4-3-14(18)10-19(20)27/h3-9,11H,10H2,1-2H3,(H,23,24,26). The number of sulfonamides is 1. The molecule has 7 nitrogen and oxygen atoms in total. The van der Waals surface area contributed by atoms with Gasteiger partial charge in [0.1, 0.15) is 5.71 Å². The number of hydrogen-bond acceptors (Lipinski definition) is 6. The van der Waals surface area contributed by atoms with Crippen LogP contribution in [-0.2, 0) is 21.2 Å². The number of carbonyl (C=O) groups excluding carboxylic acids is 1. The molecular formula is C21H17ClN4O3S. The van der Waals surface area contributed by atoms with Crippen molar-refractivity contribution in [2.45, 2.75) is 25.2 Å². The van der Waals surface area contributed by atoms with Crippen molar-refractivity contribution in [1.82, 2.24) is 9.97 Å². The molecule has 1 aromatic heterocycles. The van der Waals surface area contributed by atoms with Crippen LogP contribution in [0.15, 0.2) is 58.4 Å². The summed E-state index contributed by atoms with van der Waals surface area (Å²) >= 11 is 6.05. The predicted molar refractivity (Wildman–Crippen MR) is 115 cm³/mol. The van der Waals surface area contributed by atoms with Crippen LogP contribution in [0.1, 0.15) is 22.5 Å². The molecule has 152 valence electrons. The molecule has 0 saturated carbocycles. The Morgan fingerprint density at radius 2 is 1.67 bits per heavy atom. The van der Waals surface area contributed by atoms with E-state index in [0.717, 1.165) is 5.56 Å². The number of aromatic nitrogens is 2. The zero-order chi connectivity index (χ0) is 21.5. The third-order valence-corrected chi connectivity index (χ3v) is 6.12. The molecular weight excluding hydrogens is 424 g/mol. The number of hydrogen-bond donors (Lipinski definition) is 1. The molecule has 0 atom stereocenters. The summed E-state index contributed by atoms with van der Waals surface area (Å²) in [6.07, 6.45) is 0.275. The summed E-state index contributed by atoms with van der Waals surface area (Å²) in [6, 6.07) is 12.9. The molecule has 9 heteroatoms. The normalized spacial score (nSPS) is 14.8. The van der Waals surface area contributed by atoms with Crippen LogP contribution in [0.5, 0.6) is 0 Å². The van der Waals surface area contributed by atoms with E-state index in [1.807, 2.05) is 6.07 Å². The Balaban J connectivity index is 1.61. The third kappa shape index (κ3) is 4.10. The number of aliphatic imine (C=N–C) groups is 1. The number of nitrogens with zero attached hydrogens (tertiary/aromatic N) is 3. The number of carbonyl (C=O) groups is 1. The Morgan fingerprint density at radius 3 is 2.33 bits per heavy atom. The molecule has 30 heavy (non-hydrogen) atoms. The Morgan fingerprint density at radius 1 is 1.00 bits per heavy atom. The van der Waals surface area contributed by atoms with Gasteiger partial charge in [-0.3, -0.25) is 4.79 Å². The van der Waals surface area contributed by atoms with Gasteiger partial charge in [-0.15, -0.1) is 0 Å². The van der Waals surface area contributed by atoms with Crippen molar-refractivity contribution in [2.75, 3.05) is 4.72 Å². The van der Waals surface area contributed by atoms with E-state index in [1.54, 1.807) is 44.2 Å². The molecule has 0 spiro atoms. The van der Waals surface area contributed by atoms with E-state index in [4.69, 9.17) is 11.6 Å². The minimum Gasteiger partial charge on any atom is -0.292 e. The van der Waals surface area contributed by atoms with Crippen LogP contribution in [0.2, 0.25) is 5.02 Å². The largest absolute Gasteiger partial charge is 0.292 e. The summed E-state index contributed by atoms with van der Waals surface area (Å²) in [5, 5.41) is 0.525. The van der Waals surface area contributed by atoms with Crippen LogP contribution in [-0.4, -0.2) is 29.9 Å². The maximum absolute atomic E-state index is 12.6. The van der Waals surface area contributed by atoms with E-state index in [9.17, 15) is 13.2 Å². The Bertz CT molecular complexity index is 1280. The van der Waals surface area contributed by atoms with Crippen molar-refractivity contribution in [1.29, 1.82) is 0 Å². The van der Waals surface area contributed by atoms with Gasteiger partial charge in [0.25, 0.3) is 10.0 Å². The van der Waals surface area contributed by atoms with Crippen molar-refractivity contribution in [3.05, 3.63) is 76.1 Å². The minimum atomic E-state index is -3.86. The number of rotatable bonds is 4. The van der Waals surface area contributed by atoms with Gasteiger partial charge < -0.3 is 0 Å². The molecule has 0 fully saturated rings. The number of aryl methyl sites for hydroxylation is 2. The molecule has 1 aliphatic rings. The van der Waals surface area contributed by atoms with Crippen LogP contribution < -0.4 is 4.72 Å². The molecule has 2 aromatic carbocycles. The van der Waals surface area contributed by atoms with Crippen LogP contribution in [0, 0.1) is 13.8 Å². The van der Waals surface area contributed by atoms with Crippen LogP contribution >= 0.6 is 11.6 Å². The van der Waals surface area contributed by atoms with Crippen molar-refractivity contribution in [2.24, 2.45) is 4.99 Å². The van der Waals surface area contributed by atoms with Gasteiger partial charge in [0.2, 0.25) is 5.95 Å². The zero-order valence-electron chi connectivity index (χ0n) is 16.2. The van der Waals surface area contributed by atoms with E-state index >= 15 is 0 Å². The summed E-state index contributed by atoms with van der Waals surface area (Å²) < 4.78 is 27.7. The molecule has 1 heterocycles. The fourth-order valence-electron chi connectivity index (χ4n) is 3.23. The maximum Gasteiger partial charge on any atom is 0.264 e. The molecule has 0 aliphatic heterocycles. The molecule has 3 aromatic rings. The van der Waals surface area contributed by atoms with Gasteiger partial charge in [-0.2, -0.15) is 0 Å². The lowest BCUT2D eigenvalue weighted by molar-refractivity contribution is -0.112. The molecule has 4 rings (SSSR count). The molecule has 0 radical (unpaired) electrons. The third-order valence-electron chi connectivity index (χ3n) is 4.54. The summed E-state index contributed by atoms with van der Waals surface area (Å²) in [5.41, 5.74) is 3.69. The van der Waals surface area contributed by atoms with Gasteiger partial charge in [0.05, 0.1) is 10.6 Å². The number of benzene rings is 2. The topological polar surface area (TPSA) is 101 Å². The van der Waals surface area contributed by atoms with Gasteiger partial charge in [0.15, 0.2) is 5.78 Å². The van der Waals surface area contributed by atoms with Crippen molar-refractivity contribution < 1.29 is 13.2 Å². The second-order valence-electron chi connectivity index (χ2n) is 6.94. The summed E-state index contributed by atoms with van der Waals surface area (Å²) in [5.74, 6) is -0.0838. The van der Waals surface area contributed by atoms with E-state index < -0.39 is 10.0 Å². The zero-order valence-corrected chi connectivity index (χ0v) is 17.8. The van der Waals surface area contributed by atoms with Crippen LogP contribution in [0.3, 0.4) is 0 Å². The number of ketones is 1. The summed E-state index contributed by atoms with van der Waals surface area (Å²) in [4.78, 5) is 25.0. The van der Waals surface area contributed by atoms with Gasteiger partial charge in [-0.05, 0) is 61.9 Å². The second kappa shape index (κ2) is 7.62. The first kappa shape index (κ1) is 20.2. The fourth-order valence-corrected chi connectivity index (χ4v) is 4.35. The minimum absolute atomic E-state index is 0.0156. The van der Waals surface area contributed by atoms with Crippen LogP contribution in [0.25, 0.3) is 0 Å². The number of anilines is 1. The first-order chi connectivity index (χ1) is 14.2. The predicted octanol–water partition coefficient (Wildman–Crippen LogP) is 3.79. The molecule has 0 unspecified atom stereocenters. The average Bonchev–Trinajstić information content (AvgIpc) is 2.96. The highest BCUT2D eigenvalue weighted by Crippen LogP contribution is 2.27. The van der Waals surface area contributed by atoms with E-state index in [2.05, 4.69) is 19.7 Å². The van der Waals surface area contributed by atoms with E-state index in [0.29, 0.717) is 33.4 Å². The maximum atomic E-state index is 12.6. The summed E-state index contributed by atoms with van der Waals surface area (Å²) in [6.45, 7) is 3.52. The van der Waals surface area contributed by atoms with Crippen molar-refractivity contribution >= 4 is 44.8 Å². The summed E-state index contributed by atoms with van der Waals surface area (Å²) in [7, 11) is -3.86. The lowest BCUT2D eigenvalue weighted by Crippen LogP contribution is -2.15. The quantitative estimate of drug-likeness (QED) is 0.665. The molecule has 1 aliphatic carbocycles. The first-order valence-electron chi connectivity index (χ1n) is 9.07. The Hall–Kier alpha value is -3.10. The Labute approximate surface area is 178 Å². The SMILES string of the molecule is Cc1cc(C)nc(NS(=O)(=O)c2ccc(N=C3C(=O)Cc4ccc(Cl)cc43)cc2)n1. The van der Waals surface area contributed by atoms with Crippen molar-refractivity contribution in [3.8, 4) is 0 Å². The smallest absolute Gasteiger partial charge is 0.264 e. The van der Waals surface area contributed by atoms with Crippen LogP contribution in [0.4, 0.5) is 11.6 Å². The lowest BCUT2D eigenvalue weighted by atomic mass is 10.1. The Kier molecular flexibility index (Phi) is 5.13. The van der Waals surface area contributed by atoms with E-state index in [1.165, 1.54) is 12.1 Å². The van der Waals surface area contributed by atoms with Crippen molar-refractivity contribution in [3.63, 3.8) is 0 Å². The van der Waals surface area contributed by atoms with Gasteiger partial charge >= 0.3 is 0 Å². The second-order valence-corrected chi connectivity index (χ2v) is 9.05. The molecule has 0 bridgehead atoms. The first-order valence-corrected chi connectivity index (χ1v) is 10.9. The molecule has 0 amide bonds. The van der Waals surface area contributed by atoms with Gasteiger partial charge in [0, 0.05) is 28.4 Å². The number of Topliss-reactive ketones (excluding diaryl/α,β-unsaturated/α-hetero) is 1.